The van der Waals surface area contributed by atoms with Crippen LogP contribution in [0, 0.1) is 0 Å². The van der Waals surface area contributed by atoms with Crippen molar-refractivity contribution in [1.29, 1.82) is 0 Å². The second-order valence-corrected chi connectivity index (χ2v) is 5.69. The fraction of sp³-hybridized carbons (Fsp3) is 0.474. The molecule has 0 fully saturated rings. The van der Waals surface area contributed by atoms with Crippen molar-refractivity contribution in [2.24, 2.45) is 4.99 Å². The van der Waals surface area contributed by atoms with E-state index in [2.05, 4.69) is 30.4 Å². The third-order valence-corrected chi connectivity index (χ3v) is 3.91. The highest BCUT2D eigenvalue weighted by Crippen LogP contribution is 2.27. The van der Waals surface area contributed by atoms with Gasteiger partial charge in [0, 0.05) is 32.8 Å². The summed E-state index contributed by atoms with van der Waals surface area (Å²) in [6.07, 6.45) is 6.52. The number of methoxy groups -OCH3 is 1. The highest BCUT2D eigenvalue weighted by Gasteiger charge is 2.18. The summed E-state index contributed by atoms with van der Waals surface area (Å²) in [6.45, 7) is 8.70. The summed E-state index contributed by atoms with van der Waals surface area (Å²) in [7, 11) is 5.32. The van der Waals surface area contributed by atoms with Crippen LogP contribution < -0.4 is 10.6 Å². The van der Waals surface area contributed by atoms with Crippen LogP contribution >= 0.6 is 0 Å². The molecule has 0 aliphatic heterocycles. The van der Waals surface area contributed by atoms with E-state index >= 15 is 0 Å². The van der Waals surface area contributed by atoms with Crippen molar-refractivity contribution in [3.05, 3.63) is 36.1 Å². The van der Waals surface area contributed by atoms with Gasteiger partial charge in [0.05, 0.1) is 24.1 Å². The summed E-state index contributed by atoms with van der Waals surface area (Å²) in [4.78, 5) is 10.7. The lowest BCUT2D eigenvalue weighted by Crippen LogP contribution is -2.31. The molecule has 0 aromatic carbocycles. The molecule has 1 atom stereocenters. The first-order valence-electron chi connectivity index (χ1n) is 8.36. The summed E-state index contributed by atoms with van der Waals surface area (Å²) in [5.41, 5.74) is 8.64. The van der Waals surface area contributed by atoms with Crippen molar-refractivity contribution in [2.45, 2.75) is 33.0 Å². The Bertz CT molecular complexity index is 626. The summed E-state index contributed by atoms with van der Waals surface area (Å²) in [5, 5.41) is 0. The molecule has 6 nitrogen and oxygen atoms in total. The van der Waals surface area contributed by atoms with Gasteiger partial charge in [-0.15, -0.1) is 0 Å². The molecule has 0 aliphatic carbocycles. The van der Waals surface area contributed by atoms with E-state index in [4.69, 9.17) is 15.2 Å². The van der Waals surface area contributed by atoms with Crippen LogP contribution in [0.3, 0.4) is 0 Å². The highest BCUT2D eigenvalue weighted by molar-refractivity contribution is 5.99. The molecule has 0 radical (unpaired) electrons. The van der Waals surface area contributed by atoms with Gasteiger partial charge in [-0.1, -0.05) is 25.7 Å². The minimum atomic E-state index is 0.158. The Labute approximate surface area is 151 Å². The van der Waals surface area contributed by atoms with E-state index < -0.39 is 0 Å². The van der Waals surface area contributed by atoms with Crippen LogP contribution in [-0.2, 0) is 16.1 Å². The zero-order chi connectivity index (χ0) is 18.8. The molecular weight excluding hydrogens is 316 g/mol. The van der Waals surface area contributed by atoms with Crippen molar-refractivity contribution in [1.82, 2.24) is 4.98 Å². The molecule has 2 N–H and O–H groups in total. The van der Waals surface area contributed by atoms with Gasteiger partial charge in [-0.25, -0.2) is 4.98 Å². The van der Waals surface area contributed by atoms with Gasteiger partial charge in [0.2, 0.25) is 0 Å². The van der Waals surface area contributed by atoms with Gasteiger partial charge in [-0.05, 0) is 19.4 Å². The van der Waals surface area contributed by atoms with Gasteiger partial charge in [0.25, 0.3) is 0 Å². The first kappa shape index (κ1) is 20.9. The van der Waals surface area contributed by atoms with E-state index in [9.17, 15) is 0 Å². The number of hydrogen-bond acceptors (Lipinski definition) is 5. The molecule has 1 heterocycles. The van der Waals surface area contributed by atoms with Crippen molar-refractivity contribution in [3.8, 4) is 0 Å². The van der Waals surface area contributed by atoms with Crippen LogP contribution in [0.2, 0.25) is 0 Å². The van der Waals surface area contributed by atoms with Gasteiger partial charge in [0.15, 0.2) is 0 Å². The molecule has 0 bridgehead atoms. The number of hydrogen-bond donors (Lipinski definition) is 1. The molecule has 25 heavy (non-hydrogen) atoms. The second kappa shape index (κ2) is 10.6. The quantitative estimate of drug-likeness (QED) is 0.422. The molecule has 1 rings (SSSR count). The molecule has 0 aliphatic rings. The SMILES string of the molecule is C=C/C=C\c1nc(N)cc(N(C)/C(COC)=N\C)c1COC(C)CC. The van der Waals surface area contributed by atoms with Crippen molar-refractivity contribution in [2.75, 3.05) is 38.4 Å². The summed E-state index contributed by atoms with van der Waals surface area (Å²) >= 11 is 0. The van der Waals surface area contributed by atoms with E-state index in [0.29, 0.717) is 19.0 Å². The number of nitrogens with two attached hydrogens (primary N) is 1. The Morgan fingerprint density at radius 2 is 2.24 bits per heavy atom. The predicted molar refractivity (Wildman–Crippen MR) is 106 cm³/mol. The van der Waals surface area contributed by atoms with Crippen molar-refractivity contribution in [3.63, 3.8) is 0 Å². The average Bonchev–Trinajstić information content (AvgIpc) is 2.61. The molecule has 138 valence electrons. The summed E-state index contributed by atoms with van der Waals surface area (Å²) in [5.74, 6) is 1.22. The minimum Gasteiger partial charge on any atom is -0.384 e. The van der Waals surface area contributed by atoms with E-state index in [0.717, 1.165) is 29.2 Å². The molecule has 1 aromatic rings. The van der Waals surface area contributed by atoms with E-state index in [1.165, 1.54) is 0 Å². The van der Waals surface area contributed by atoms with E-state index in [-0.39, 0.29) is 6.10 Å². The molecule has 0 spiro atoms. The number of nitrogen functional groups attached to an aromatic ring is 1. The van der Waals surface area contributed by atoms with Crippen LogP contribution in [0.4, 0.5) is 11.5 Å². The molecule has 0 amide bonds. The maximum Gasteiger partial charge on any atom is 0.129 e. The van der Waals surface area contributed by atoms with Gasteiger partial charge in [0.1, 0.15) is 18.3 Å². The van der Waals surface area contributed by atoms with Crippen LogP contribution in [-0.4, -0.2) is 44.7 Å². The fourth-order valence-electron chi connectivity index (χ4n) is 2.26. The predicted octanol–water partition coefficient (Wildman–Crippen LogP) is 3.29. The molecule has 1 unspecified atom stereocenters. The number of allylic oxidation sites excluding steroid dienone is 2. The van der Waals surface area contributed by atoms with Gasteiger partial charge >= 0.3 is 0 Å². The third-order valence-electron chi connectivity index (χ3n) is 3.91. The fourth-order valence-corrected chi connectivity index (χ4v) is 2.26. The topological polar surface area (TPSA) is 73.0 Å². The van der Waals surface area contributed by atoms with Crippen LogP contribution in [0.1, 0.15) is 31.5 Å². The first-order chi connectivity index (χ1) is 12.0. The van der Waals surface area contributed by atoms with Crippen LogP contribution in [0.15, 0.2) is 29.8 Å². The van der Waals surface area contributed by atoms with Gasteiger partial charge in [-0.2, -0.15) is 0 Å². The maximum absolute atomic E-state index is 6.03. The number of anilines is 2. The van der Waals surface area contributed by atoms with Crippen LogP contribution in [0.25, 0.3) is 6.08 Å². The lowest BCUT2D eigenvalue weighted by atomic mass is 10.1. The third kappa shape index (κ3) is 5.99. The number of rotatable bonds is 9. The number of ether oxygens (including phenoxy) is 2. The molecule has 6 heteroatoms. The van der Waals surface area contributed by atoms with Crippen LogP contribution in [0.5, 0.6) is 0 Å². The number of amidine groups is 1. The zero-order valence-corrected chi connectivity index (χ0v) is 16.0. The molecule has 0 saturated heterocycles. The lowest BCUT2D eigenvalue weighted by Gasteiger charge is -2.25. The normalized spacial score (nSPS) is 13.2. The molecule has 0 saturated carbocycles. The maximum atomic E-state index is 6.03. The molecular formula is C19H30N4O2. The summed E-state index contributed by atoms with van der Waals surface area (Å²) < 4.78 is 11.2. The lowest BCUT2D eigenvalue weighted by molar-refractivity contribution is 0.0509. The van der Waals surface area contributed by atoms with Crippen molar-refractivity contribution < 1.29 is 9.47 Å². The number of nitrogens with zero attached hydrogens (tertiary/aromatic N) is 3. The smallest absolute Gasteiger partial charge is 0.129 e. The van der Waals surface area contributed by atoms with Gasteiger partial charge in [-0.3, -0.25) is 4.99 Å². The Morgan fingerprint density at radius 3 is 2.80 bits per heavy atom. The molecule has 1 aromatic heterocycles. The van der Waals surface area contributed by atoms with Crippen molar-refractivity contribution >= 4 is 23.4 Å². The average molecular weight is 346 g/mol. The van der Waals surface area contributed by atoms with E-state index in [1.807, 2.05) is 30.2 Å². The monoisotopic (exact) mass is 346 g/mol. The Kier molecular flexibility index (Phi) is 8.88. The minimum absolute atomic E-state index is 0.158. The number of aromatic nitrogens is 1. The Hall–Kier alpha value is -2.18. The van der Waals surface area contributed by atoms with Gasteiger partial charge < -0.3 is 20.1 Å². The number of likely N-dealkylation sites (N-methyl/N-ethyl adjacent to an activating group) is 1. The standard InChI is InChI=1S/C19H30N4O2/c1-7-9-10-16-15(12-25-14(3)8-2)17(11-18(20)22-16)23(5)19(21-4)13-24-6/h7,9-11,14H,1,8,12-13H2,2-6H3,(H2,20,22)/b10-9-,21-19-. The first-order valence-corrected chi connectivity index (χ1v) is 8.36. The second-order valence-electron chi connectivity index (χ2n) is 5.69. The Morgan fingerprint density at radius 1 is 1.52 bits per heavy atom. The van der Waals surface area contributed by atoms with E-state index in [1.54, 1.807) is 20.2 Å². The Balaban J connectivity index is 3.38. The zero-order valence-electron chi connectivity index (χ0n) is 16.0. The highest BCUT2D eigenvalue weighted by atomic mass is 16.5. The number of aliphatic imine (C=N–C) groups is 1. The largest absolute Gasteiger partial charge is 0.384 e. The summed E-state index contributed by atoms with van der Waals surface area (Å²) in [6, 6.07) is 1.83. The number of pyridine rings is 1.